The molecule has 1 N–H and O–H groups in total. The minimum Gasteiger partial charge on any atom is -0.352 e. The van der Waals surface area contributed by atoms with Gasteiger partial charge in [-0.1, -0.05) is 48.9 Å². The van der Waals surface area contributed by atoms with Crippen LogP contribution in [0.15, 0.2) is 42.7 Å². The quantitative estimate of drug-likeness (QED) is 0.913. The molecule has 0 fully saturated rings. The molecule has 2 aromatic rings. The van der Waals surface area contributed by atoms with Crippen molar-refractivity contribution in [3.8, 4) is 0 Å². The van der Waals surface area contributed by atoms with Crippen molar-refractivity contribution >= 4 is 17.5 Å². The normalized spacial score (nSPS) is 12.1. The van der Waals surface area contributed by atoms with E-state index >= 15 is 0 Å². The van der Waals surface area contributed by atoms with E-state index in [9.17, 15) is 4.79 Å². The van der Waals surface area contributed by atoms with Gasteiger partial charge in [-0.3, -0.25) is 9.48 Å². The number of rotatable bonds is 5. The molecule has 5 heteroatoms. The highest BCUT2D eigenvalue weighted by Gasteiger charge is 2.13. The van der Waals surface area contributed by atoms with E-state index in [1.165, 1.54) is 0 Å². The Kier molecular flexibility index (Phi) is 4.58. The second-order valence-electron chi connectivity index (χ2n) is 4.49. The summed E-state index contributed by atoms with van der Waals surface area (Å²) in [6.45, 7) is 2.94. The fourth-order valence-corrected chi connectivity index (χ4v) is 1.92. The smallest absolute Gasteiger partial charge is 0.224 e. The average Bonchev–Trinajstić information content (AvgIpc) is 2.82. The molecule has 0 saturated heterocycles. The molecule has 1 aromatic carbocycles. The predicted molar refractivity (Wildman–Crippen MR) is 74.7 cm³/mol. The number of carbonyl (C=O) groups excluding carboxylic acids is 1. The molecule has 1 atom stereocenters. The van der Waals surface area contributed by atoms with Gasteiger partial charge in [-0.05, 0) is 5.56 Å². The Bertz CT molecular complexity index is 539. The van der Waals surface area contributed by atoms with E-state index in [2.05, 4.69) is 10.4 Å². The molecule has 1 heterocycles. The van der Waals surface area contributed by atoms with Crippen molar-refractivity contribution in [3.05, 3.63) is 53.3 Å². The topological polar surface area (TPSA) is 46.9 Å². The SMILES string of the molecule is CC(Cn1cc(Cl)cn1)C(=O)NCc1ccccc1. The maximum absolute atomic E-state index is 11.9. The van der Waals surface area contributed by atoms with Gasteiger partial charge >= 0.3 is 0 Å². The van der Waals surface area contributed by atoms with Crippen molar-refractivity contribution in [1.29, 1.82) is 0 Å². The second-order valence-corrected chi connectivity index (χ2v) is 4.92. The van der Waals surface area contributed by atoms with Crippen LogP contribution in [-0.2, 0) is 17.9 Å². The summed E-state index contributed by atoms with van der Waals surface area (Å²) in [6, 6.07) is 9.83. The lowest BCUT2D eigenvalue weighted by atomic mass is 10.1. The maximum atomic E-state index is 11.9. The molecule has 0 bridgehead atoms. The molecular formula is C14H16ClN3O. The first-order valence-electron chi connectivity index (χ1n) is 6.15. The molecule has 4 nitrogen and oxygen atoms in total. The van der Waals surface area contributed by atoms with E-state index in [1.54, 1.807) is 17.1 Å². The summed E-state index contributed by atoms with van der Waals surface area (Å²) in [6.07, 6.45) is 3.28. The predicted octanol–water partition coefficient (Wildman–Crippen LogP) is 2.49. The third-order valence-corrected chi connectivity index (χ3v) is 3.01. The molecule has 0 saturated carbocycles. The van der Waals surface area contributed by atoms with Gasteiger partial charge in [0.05, 0.1) is 23.7 Å². The van der Waals surface area contributed by atoms with Crippen LogP contribution in [-0.4, -0.2) is 15.7 Å². The highest BCUT2D eigenvalue weighted by molar-refractivity contribution is 6.30. The molecule has 0 aliphatic carbocycles. The lowest BCUT2D eigenvalue weighted by Gasteiger charge is -2.12. The number of hydrogen-bond donors (Lipinski definition) is 1. The van der Waals surface area contributed by atoms with Crippen LogP contribution < -0.4 is 5.32 Å². The molecule has 19 heavy (non-hydrogen) atoms. The Morgan fingerprint density at radius 2 is 2.16 bits per heavy atom. The van der Waals surface area contributed by atoms with Gasteiger partial charge < -0.3 is 5.32 Å². The third-order valence-electron chi connectivity index (χ3n) is 2.82. The Morgan fingerprint density at radius 3 is 2.79 bits per heavy atom. The first-order chi connectivity index (χ1) is 9.15. The summed E-state index contributed by atoms with van der Waals surface area (Å²) in [4.78, 5) is 11.9. The molecule has 0 spiro atoms. The number of benzene rings is 1. The minimum absolute atomic E-state index is 0.00970. The van der Waals surface area contributed by atoms with Crippen LogP contribution in [0.25, 0.3) is 0 Å². The van der Waals surface area contributed by atoms with E-state index in [0.717, 1.165) is 5.56 Å². The summed E-state index contributed by atoms with van der Waals surface area (Å²) < 4.78 is 1.68. The van der Waals surface area contributed by atoms with Crippen LogP contribution >= 0.6 is 11.6 Å². The highest BCUT2D eigenvalue weighted by Crippen LogP contribution is 2.07. The van der Waals surface area contributed by atoms with Crippen molar-refractivity contribution in [3.63, 3.8) is 0 Å². The van der Waals surface area contributed by atoms with Gasteiger partial charge in [0.1, 0.15) is 0 Å². The van der Waals surface area contributed by atoms with Crippen molar-refractivity contribution in [2.45, 2.75) is 20.0 Å². The molecule has 0 radical (unpaired) electrons. The van der Waals surface area contributed by atoms with Crippen LogP contribution in [0.5, 0.6) is 0 Å². The Hall–Kier alpha value is -1.81. The van der Waals surface area contributed by atoms with Crippen molar-refractivity contribution in [2.75, 3.05) is 0 Å². The third kappa shape index (κ3) is 4.10. The number of halogens is 1. The Balaban J connectivity index is 1.82. The summed E-state index contributed by atoms with van der Waals surface area (Å²) in [5, 5.41) is 7.55. The first-order valence-corrected chi connectivity index (χ1v) is 6.52. The van der Waals surface area contributed by atoms with E-state index in [1.807, 2.05) is 37.3 Å². The summed E-state index contributed by atoms with van der Waals surface area (Å²) >= 11 is 5.78. The largest absolute Gasteiger partial charge is 0.352 e. The van der Waals surface area contributed by atoms with Crippen LogP contribution in [0.4, 0.5) is 0 Å². The van der Waals surface area contributed by atoms with Crippen LogP contribution in [0.3, 0.4) is 0 Å². The zero-order valence-corrected chi connectivity index (χ0v) is 11.5. The monoisotopic (exact) mass is 277 g/mol. The van der Waals surface area contributed by atoms with Gasteiger partial charge in [0.2, 0.25) is 5.91 Å². The van der Waals surface area contributed by atoms with Crippen molar-refractivity contribution in [1.82, 2.24) is 15.1 Å². The molecule has 0 aliphatic heterocycles. The standard InChI is InChI=1S/C14H16ClN3O/c1-11(9-18-10-13(15)8-17-18)14(19)16-7-12-5-3-2-4-6-12/h2-6,8,10-11H,7,9H2,1H3,(H,16,19). The molecule has 1 amide bonds. The number of amides is 1. The van der Waals surface area contributed by atoms with Gasteiger partial charge in [-0.15, -0.1) is 0 Å². The summed E-state index contributed by atoms with van der Waals surface area (Å²) in [5.74, 6) is -0.143. The van der Waals surface area contributed by atoms with E-state index in [4.69, 9.17) is 11.6 Å². The maximum Gasteiger partial charge on any atom is 0.224 e. The number of carbonyl (C=O) groups is 1. The van der Waals surface area contributed by atoms with E-state index in [0.29, 0.717) is 18.1 Å². The molecular weight excluding hydrogens is 262 g/mol. The minimum atomic E-state index is -0.153. The van der Waals surface area contributed by atoms with Crippen LogP contribution in [0, 0.1) is 5.92 Å². The Labute approximate surface area is 117 Å². The van der Waals surface area contributed by atoms with Gasteiger partial charge in [0.15, 0.2) is 0 Å². The summed E-state index contributed by atoms with van der Waals surface area (Å²) in [5.41, 5.74) is 1.09. The highest BCUT2D eigenvalue weighted by atomic mass is 35.5. The zero-order chi connectivity index (χ0) is 13.7. The zero-order valence-electron chi connectivity index (χ0n) is 10.7. The first kappa shape index (κ1) is 13.6. The number of nitrogens with one attached hydrogen (secondary N) is 1. The average molecular weight is 278 g/mol. The fourth-order valence-electron chi connectivity index (χ4n) is 1.76. The van der Waals surface area contributed by atoms with Gasteiger partial charge in [-0.2, -0.15) is 5.10 Å². The fraction of sp³-hybridized carbons (Fsp3) is 0.286. The van der Waals surface area contributed by atoms with Gasteiger partial charge in [0.25, 0.3) is 0 Å². The number of nitrogens with zero attached hydrogens (tertiary/aromatic N) is 2. The molecule has 1 unspecified atom stereocenters. The van der Waals surface area contributed by atoms with E-state index in [-0.39, 0.29) is 11.8 Å². The Morgan fingerprint density at radius 1 is 1.42 bits per heavy atom. The van der Waals surface area contributed by atoms with Crippen molar-refractivity contribution < 1.29 is 4.79 Å². The van der Waals surface area contributed by atoms with Crippen molar-refractivity contribution in [2.24, 2.45) is 5.92 Å². The number of aromatic nitrogens is 2. The number of hydrogen-bond acceptors (Lipinski definition) is 2. The lowest BCUT2D eigenvalue weighted by Crippen LogP contribution is -2.31. The molecule has 100 valence electrons. The molecule has 0 aliphatic rings. The second kappa shape index (κ2) is 6.38. The van der Waals surface area contributed by atoms with E-state index < -0.39 is 0 Å². The van der Waals surface area contributed by atoms with Gasteiger partial charge in [0, 0.05) is 12.7 Å². The lowest BCUT2D eigenvalue weighted by molar-refractivity contribution is -0.125. The molecule has 1 aromatic heterocycles. The van der Waals surface area contributed by atoms with Gasteiger partial charge in [-0.25, -0.2) is 0 Å². The van der Waals surface area contributed by atoms with Crippen LogP contribution in [0.2, 0.25) is 5.02 Å². The van der Waals surface area contributed by atoms with Crippen LogP contribution in [0.1, 0.15) is 12.5 Å². The summed E-state index contributed by atoms with van der Waals surface area (Å²) in [7, 11) is 0. The molecule has 2 rings (SSSR count).